The molecule has 0 saturated carbocycles. The SMILES string of the molecule is CCOC(=O)Cc1csc(SC(C)C(=O)Nc2ccc(C(=O)Nc3ccccc3OC)cc2)n1. The molecule has 34 heavy (non-hydrogen) atoms. The molecule has 0 saturated heterocycles. The lowest BCUT2D eigenvalue weighted by atomic mass is 10.2. The number of hydrogen-bond acceptors (Lipinski definition) is 8. The van der Waals surface area contributed by atoms with Gasteiger partial charge in [-0.2, -0.15) is 0 Å². The van der Waals surface area contributed by atoms with E-state index in [0.717, 1.165) is 0 Å². The smallest absolute Gasteiger partial charge is 0.311 e. The number of thioether (sulfide) groups is 1. The second kappa shape index (κ2) is 12.2. The molecule has 2 aromatic carbocycles. The predicted molar refractivity (Wildman–Crippen MR) is 134 cm³/mol. The summed E-state index contributed by atoms with van der Waals surface area (Å²) in [5.74, 6) is -0.235. The Bertz CT molecular complexity index is 1150. The first-order valence-corrected chi connectivity index (χ1v) is 12.3. The van der Waals surface area contributed by atoms with Gasteiger partial charge in [-0.1, -0.05) is 23.9 Å². The third-order valence-corrected chi connectivity index (χ3v) is 6.70. The number of benzene rings is 2. The summed E-state index contributed by atoms with van der Waals surface area (Å²) in [4.78, 5) is 41.1. The first-order valence-electron chi connectivity index (χ1n) is 10.5. The van der Waals surface area contributed by atoms with E-state index < -0.39 is 5.25 Å². The highest BCUT2D eigenvalue weighted by Crippen LogP contribution is 2.28. The van der Waals surface area contributed by atoms with E-state index in [-0.39, 0.29) is 24.2 Å². The van der Waals surface area contributed by atoms with Crippen LogP contribution in [0.1, 0.15) is 29.9 Å². The van der Waals surface area contributed by atoms with Gasteiger partial charge in [-0.05, 0) is 50.2 Å². The number of carbonyl (C=O) groups excluding carboxylic acids is 3. The molecular weight excluding hydrogens is 474 g/mol. The number of thiazole rings is 1. The molecule has 1 aromatic heterocycles. The maximum absolute atomic E-state index is 12.6. The topological polar surface area (TPSA) is 107 Å². The number of ether oxygens (including phenoxy) is 2. The number of methoxy groups -OCH3 is 1. The molecule has 0 aliphatic rings. The lowest BCUT2D eigenvalue weighted by Crippen LogP contribution is -2.22. The number of amides is 2. The Hall–Kier alpha value is -3.37. The molecule has 1 unspecified atom stereocenters. The number of carbonyl (C=O) groups is 3. The minimum Gasteiger partial charge on any atom is -0.495 e. The number of esters is 1. The molecule has 3 rings (SSSR count). The Labute approximate surface area is 206 Å². The van der Waals surface area contributed by atoms with Gasteiger partial charge in [0.15, 0.2) is 4.34 Å². The molecule has 2 amide bonds. The molecule has 1 heterocycles. The van der Waals surface area contributed by atoms with E-state index in [2.05, 4.69) is 15.6 Å². The van der Waals surface area contributed by atoms with Crippen molar-refractivity contribution in [2.45, 2.75) is 29.9 Å². The van der Waals surface area contributed by atoms with Crippen LogP contribution in [0.5, 0.6) is 5.75 Å². The zero-order valence-corrected chi connectivity index (χ0v) is 20.6. The highest BCUT2D eigenvalue weighted by atomic mass is 32.2. The van der Waals surface area contributed by atoms with Crippen molar-refractivity contribution in [2.75, 3.05) is 24.4 Å². The normalized spacial score (nSPS) is 11.4. The quantitative estimate of drug-likeness (QED) is 0.309. The monoisotopic (exact) mass is 499 g/mol. The minimum absolute atomic E-state index is 0.114. The Balaban J connectivity index is 1.53. The molecule has 0 radical (unpaired) electrons. The van der Waals surface area contributed by atoms with Crippen molar-refractivity contribution in [3.8, 4) is 5.75 Å². The highest BCUT2D eigenvalue weighted by Gasteiger charge is 2.18. The van der Waals surface area contributed by atoms with E-state index in [1.54, 1.807) is 62.7 Å². The number of nitrogens with zero attached hydrogens (tertiary/aromatic N) is 1. The average molecular weight is 500 g/mol. The lowest BCUT2D eigenvalue weighted by Gasteiger charge is -2.12. The van der Waals surface area contributed by atoms with Crippen LogP contribution >= 0.6 is 23.1 Å². The summed E-state index contributed by atoms with van der Waals surface area (Å²) in [5.41, 5.74) is 2.23. The largest absolute Gasteiger partial charge is 0.495 e. The van der Waals surface area contributed by atoms with Gasteiger partial charge < -0.3 is 20.1 Å². The Morgan fingerprint density at radius 2 is 1.82 bits per heavy atom. The van der Waals surface area contributed by atoms with Crippen molar-refractivity contribution in [2.24, 2.45) is 0 Å². The maximum Gasteiger partial charge on any atom is 0.311 e. The van der Waals surface area contributed by atoms with Gasteiger partial charge in [0.1, 0.15) is 5.75 Å². The zero-order valence-electron chi connectivity index (χ0n) is 19.0. The van der Waals surface area contributed by atoms with Crippen molar-refractivity contribution in [3.63, 3.8) is 0 Å². The molecule has 178 valence electrons. The van der Waals surface area contributed by atoms with Crippen molar-refractivity contribution in [1.29, 1.82) is 0 Å². The fourth-order valence-corrected chi connectivity index (χ4v) is 4.86. The van der Waals surface area contributed by atoms with Crippen molar-refractivity contribution >= 4 is 52.3 Å². The third kappa shape index (κ3) is 7.06. The van der Waals surface area contributed by atoms with E-state index in [1.807, 2.05) is 12.1 Å². The van der Waals surface area contributed by atoms with E-state index in [0.29, 0.717) is 39.3 Å². The van der Waals surface area contributed by atoms with Crippen molar-refractivity contribution < 1.29 is 23.9 Å². The molecule has 0 aliphatic heterocycles. The number of anilines is 2. The number of nitrogens with one attached hydrogen (secondary N) is 2. The molecular formula is C24H25N3O5S2. The number of hydrogen-bond donors (Lipinski definition) is 2. The fourth-order valence-electron chi connectivity index (χ4n) is 2.88. The molecule has 0 aliphatic carbocycles. The fraction of sp³-hybridized carbons (Fsp3) is 0.250. The zero-order chi connectivity index (χ0) is 24.5. The van der Waals surface area contributed by atoms with Crippen LogP contribution in [-0.2, 0) is 20.7 Å². The summed E-state index contributed by atoms with van der Waals surface area (Å²) >= 11 is 2.69. The van der Waals surface area contributed by atoms with Gasteiger partial charge in [0.2, 0.25) is 5.91 Å². The van der Waals surface area contributed by atoms with Crippen molar-refractivity contribution in [1.82, 2.24) is 4.98 Å². The van der Waals surface area contributed by atoms with Gasteiger partial charge in [0.25, 0.3) is 5.91 Å². The third-order valence-electron chi connectivity index (χ3n) is 4.58. The molecule has 2 N–H and O–H groups in total. The van der Waals surface area contributed by atoms with Gasteiger partial charge >= 0.3 is 5.97 Å². The maximum atomic E-state index is 12.6. The molecule has 0 spiro atoms. The lowest BCUT2D eigenvalue weighted by molar-refractivity contribution is -0.142. The van der Waals surface area contributed by atoms with Crippen LogP contribution in [0.25, 0.3) is 0 Å². The summed E-state index contributed by atoms with van der Waals surface area (Å²) in [6, 6.07) is 13.8. The van der Waals surface area contributed by atoms with Crippen LogP contribution < -0.4 is 15.4 Å². The summed E-state index contributed by atoms with van der Waals surface area (Å²) < 4.78 is 10.9. The van der Waals surface area contributed by atoms with E-state index in [4.69, 9.17) is 9.47 Å². The average Bonchev–Trinajstić information content (AvgIpc) is 3.26. The summed E-state index contributed by atoms with van der Waals surface area (Å²) in [7, 11) is 1.54. The van der Waals surface area contributed by atoms with E-state index >= 15 is 0 Å². The van der Waals surface area contributed by atoms with E-state index in [1.165, 1.54) is 23.1 Å². The van der Waals surface area contributed by atoms with E-state index in [9.17, 15) is 14.4 Å². The molecule has 0 fully saturated rings. The highest BCUT2D eigenvalue weighted by molar-refractivity contribution is 8.02. The van der Waals surface area contributed by atoms with Crippen LogP contribution in [0.4, 0.5) is 11.4 Å². The molecule has 1 atom stereocenters. The molecule has 8 nitrogen and oxygen atoms in total. The van der Waals surface area contributed by atoms with Gasteiger partial charge in [-0.25, -0.2) is 4.98 Å². The molecule has 3 aromatic rings. The molecule has 10 heteroatoms. The number of aromatic nitrogens is 1. The first-order chi connectivity index (χ1) is 16.4. The Kier molecular flexibility index (Phi) is 9.06. The number of para-hydroxylation sites is 2. The standard InChI is InChI=1S/C24H25N3O5S2/c1-4-32-21(28)13-18-14-33-24(26-18)34-15(2)22(29)25-17-11-9-16(10-12-17)23(30)27-19-7-5-6-8-20(19)31-3/h5-12,14-15H,4,13H2,1-3H3,(H,25,29)(H,27,30). The van der Waals surface area contributed by atoms with Gasteiger partial charge in [-0.15, -0.1) is 11.3 Å². The van der Waals surface area contributed by atoms with Gasteiger partial charge in [0.05, 0.1) is 36.8 Å². The van der Waals surface area contributed by atoms with Crippen LogP contribution in [-0.4, -0.2) is 41.7 Å². The van der Waals surface area contributed by atoms with Crippen molar-refractivity contribution in [3.05, 3.63) is 65.2 Å². The molecule has 0 bridgehead atoms. The Morgan fingerprint density at radius 1 is 1.09 bits per heavy atom. The summed E-state index contributed by atoms with van der Waals surface area (Å²) in [5, 5.41) is 7.04. The van der Waals surface area contributed by atoms with Crippen LogP contribution in [0.15, 0.2) is 58.3 Å². The first kappa shape index (κ1) is 25.3. The minimum atomic E-state index is -0.407. The second-order valence-electron chi connectivity index (χ2n) is 7.07. The van der Waals surface area contributed by atoms with Gasteiger partial charge in [0, 0.05) is 16.6 Å². The van der Waals surface area contributed by atoms with Crippen LogP contribution in [0.2, 0.25) is 0 Å². The predicted octanol–water partition coefficient (Wildman–Crippen LogP) is 4.63. The van der Waals surface area contributed by atoms with Gasteiger partial charge in [-0.3, -0.25) is 14.4 Å². The second-order valence-corrected chi connectivity index (χ2v) is 9.51. The summed E-state index contributed by atoms with van der Waals surface area (Å²) in [6.07, 6.45) is 0.114. The van der Waals surface area contributed by atoms with Crippen LogP contribution in [0, 0.1) is 0 Å². The van der Waals surface area contributed by atoms with Crippen LogP contribution in [0.3, 0.4) is 0 Å². The number of rotatable bonds is 10. The summed E-state index contributed by atoms with van der Waals surface area (Å²) in [6.45, 7) is 3.86. The Morgan fingerprint density at radius 3 is 2.53 bits per heavy atom.